The minimum absolute atomic E-state index is 0.250. The van der Waals surface area contributed by atoms with Crippen molar-refractivity contribution in [2.75, 3.05) is 26.4 Å². The highest BCUT2D eigenvalue weighted by Crippen LogP contribution is 2.33. The van der Waals surface area contributed by atoms with Crippen molar-refractivity contribution >= 4 is 5.91 Å². The SMILES string of the molecule is CCCCCCCCCCCCCCCCCCCCCC/C=C/C(O)C(COC1OC(CO)C(OC2OC(CO)C(OC3OC(CO)C(O)C(O)C3O)C(O)C2O)C(O)C1O)NC(=O)CCCCCCCCCCCCCCCCCCCCCCCCCCCCCCCCCCC. The van der Waals surface area contributed by atoms with Gasteiger partial charge in [0.15, 0.2) is 18.9 Å². The van der Waals surface area contributed by atoms with Gasteiger partial charge >= 0.3 is 0 Å². The molecule has 17 unspecified atom stereocenters. The molecule has 0 aromatic rings. The Kier molecular flexibility index (Phi) is 58.0. The number of ether oxygens (including phenoxy) is 6. The number of unbranched alkanes of at least 4 members (excludes halogenated alkanes) is 52. The first-order valence-electron chi connectivity index (χ1n) is 41.9. The van der Waals surface area contributed by atoms with Crippen molar-refractivity contribution in [3.05, 3.63) is 12.2 Å². The Morgan fingerprint density at radius 1 is 0.350 bits per heavy atom. The first-order valence-corrected chi connectivity index (χ1v) is 41.9. The van der Waals surface area contributed by atoms with Crippen molar-refractivity contribution in [3.63, 3.8) is 0 Å². The van der Waals surface area contributed by atoms with Crippen LogP contribution in [0.5, 0.6) is 0 Å². The highest BCUT2D eigenvalue weighted by molar-refractivity contribution is 5.76. The number of carbonyl (C=O) groups is 1. The van der Waals surface area contributed by atoms with Gasteiger partial charge < -0.3 is 89.9 Å². The van der Waals surface area contributed by atoms with Crippen LogP contribution in [0, 0.1) is 0 Å². The first kappa shape index (κ1) is 92.7. The summed E-state index contributed by atoms with van der Waals surface area (Å²) in [6.07, 6.45) is 47.8. The maximum atomic E-state index is 13.5. The molecule has 3 aliphatic rings. The summed E-state index contributed by atoms with van der Waals surface area (Å²) in [5, 5.41) is 121. The van der Waals surface area contributed by atoms with Crippen LogP contribution >= 0.6 is 0 Å². The number of carbonyl (C=O) groups excluding carboxylic acids is 1. The largest absolute Gasteiger partial charge is 0.394 e. The molecule has 3 saturated heterocycles. The minimum atomic E-state index is -1.98. The molecule has 0 bridgehead atoms. The smallest absolute Gasteiger partial charge is 0.220 e. The summed E-state index contributed by atoms with van der Waals surface area (Å²) in [4.78, 5) is 13.5. The van der Waals surface area contributed by atoms with Crippen molar-refractivity contribution in [2.45, 2.75) is 471 Å². The van der Waals surface area contributed by atoms with E-state index in [4.69, 9.17) is 28.4 Å². The fourth-order valence-electron chi connectivity index (χ4n) is 14.6. The number of aliphatic hydroxyl groups is 11. The van der Waals surface area contributed by atoms with Crippen LogP contribution in [0.25, 0.3) is 0 Å². The number of allylic oxidation sites excluding steroid dienone is 1. The van der Waals surface area contributed by atoms with E-state index in [9.17, 15) is 61.0 Å². The topological polar surface area (TPSA) is 307 Å². The highest BCUT2D eigenvalue weighted by Gasteiger charge is 2.54. The zero-order valence-electron chi connectivity index (χ0n) is 63.5. The Morgan fingerprint density at radius 2 is 0.620 bits per heavy atom. The fourth-order valence-corrected chi connectivity index (χ4v) is 14.6. The van der Waals surface area contributed by atoms with Crippen LogP contribution in [0.1, 0.15) is 367 Å². The number of hydrogen-bond donors (Lipinski definition) is 12. The molecule has 0 aromatic carbocycles. The molecule has 19 nitrogen and oxygen atoms in total. The average Bonchev–Trinajstić information content (AvgIpc) is 0.783. The highest BCUT2D eigenvalue weighted by atomic mass is 16.8. The molecule has 19 heteroatoms. The van der Waals surface area contributed by atoms with Crippen LogP contribution in [0.15, 0.2) is 12.2 Å². The molecular weight excluding hydrogens is 1270 g/mol. The van der Waals surface area contributed by atoms with Gasteiger partial charge in [-0.05, 0) is 19.3 Å². The van der Waals surface area contributed by atoms with Crippen molar-refractivity contribution < 1.29 is 89.4 Å². The molecule has 592 valence electrons. The third kappa shape index (κ3) is 42.2. The van der Waals surface area contributed by atoms with E-state index < -0.39 is 124 Å². The second-order valence-corrected chi connectivity index (χ2v) is 30.3. The lowest BCUT2D eigenvalue weighted by Crippen LogP contribution is -2.66. The number of nitrogens with one attached hydrogen (secondary N) is 1. The summed E-state index contributed by atoms with van der Waals surface area (Å²) < 4.78 is 34.5. The van der Waals surface area contributed by atoms with Gasteiger partial charge in [0, 0.05) is 6.42 Å². The summed E-state index contributed by atoms with van der Waals surface area (Å²) in [7, 11) is 0. The predicted octanol–water partition coefficient (Wildman–Crippen LogP) is 14.3. The van der Waals surface area contributed by atoms with E-state index >= 15 is 0 Å². The van der Waals surface area contributed by atoms with Gasteiger partial charge in [0.2, 0.25) is 5.91 Å². The van der Waals surface area contributed by atoms with Gasteiger partial charge in [-0.1, -0.05) is 353 Å². The summed E-state index contributed by atoms with van der Waals surface area (Å²) >= 11 is 0. The summed E-state index contributed by atoms with van der Waals surface area (Å²) in [5.41, 5.74) is 0. The van der Waals surface area contributed by atoms with Crippen molar-refractivity contribution in [2.24, 2.45) is 0 Å². The first-order chi connectivity index (χ1) is 48.8. The van der Waals surface area contributed by atoms with Gasteiger partial charge in [-0.15, -0.1) is 0 Å². The number of hydrogen-bond acceptors (Lipinski definition) is 18. The molecule has 0 spiro atoms. The van der Waals surface area contributed by atoms with Gasteiger partial charge in [-0.2, -0.15) is 0 Å². The van der Waals surface area contributed by atoms with E-state index in [1.807, 2.05) is 6.08 Å². The van der Waals surface area contributed by atoms with Crippen LogP contribution in [-0.4, -0.2) is 193 Å². The van der Waals surface area contributed by atoms with Crippen LogP contribution in [0.3, 0.4) is 0 Å². The maximum absolute atomic E-state index is 13.5. The van der Waals surface area contributed by atoms with Crippen LogP contribution < -0.4 is 5.32 Å². The molecule has 3 aliphatic heterocycles. The predicted molar refractivity (Wildman–Crippen MR) is 397 cm³/mol. The summed E-state index contributed by atoms with van der Waals surface area (Å²) in [6, 6.07) is -0.970. The number of amides is 1. The Morgan fingerprint density at radius 3 is 0.940 bits per heavy atom. The van der Waals surface area contributed by atoms with Crippen LogP contribution in [-0.2, 0) is 33.2 Å². The van der Waals surface area contributed by atoms with E-state index in [1.165, 1.54) is 295 Å². The minimum Gasteiger partial charge on any atom is -0.394 e. The lowest BCUT2D eigenvalue weighted by atomic mass is 9.96. The monoisotopic (exact) mass is 1430 g/mol. The second kappa shape index (κ2) is 62.6. The maximum Gasteiger partial charge on any atom is 0.220 e. The van der Waals surface area contributed by atoms with Crippen molar-refractivity contribution in [1.29, 1.82) is 0 Å². The zero-order valence-corrected chi connectivity index (χ0v) is 63.5. The van der Waals surface area contributed by atoms with Gasteiger partial charge in [0.1, 0.15) is 73.2 Å². The van der Waals surface area contributed by atoms with Crippen molar-refractivity contribution in [1.82, 2.24) is 5.32 Å². The molecule has 12 N–H and O–H groups in total. The van der Waals surface area contributed by atoms with Gasteiger partial charge in [-0.3, -0.25) is 4.79 Å². The molecule has 0 aliphatic carbocycles. The van der Waals surface area contributed by atoms with Gasteiger partial charge in [0.25, 0.3) is 0 Å². The number of rotatable bonds is 68. The molecule has 17 atom stereocenters. The molecule has 0 aromatic heterocycles. The Hall–Kier alpha value is -1.47. The van der Waals surface area contributed by atoms with E-state index in [2.05, 4.69) is 19.2 Å². The average molecular weight is 1430 g/mol. The van der Waals surface area contributed by atoms with E-state index in [0.29, 0.717) is 6.42 Å². The Balaban J connectivity index is 1.34. The normalized spacial score (nSPS) is 26.4. The zero-order chi connectivity index (χ0) is 72.5. The molecule has 3 fully saturated rings. The standard InChI is InChI=1S/C81H155NO18/c1-3-5-7-9-11-13-15-17-19-21-23-25-27-28-29-30-31-32-33-34-35-36-37-39-41-43-45-47-49-51-53-55-57-59-69(87)82-64(65(86)58-56-54-52-50-48-46-44-42-40-38-26-24-22-20-18-16-14-12-10-8-6-4-2)63-95-79-75(93)72(90)77(67(61-84)97-79)100-81-76(94)73(91)78(68(62-85)98-81)99-80-74(92)71(89)70(88)66(60-83)96-80/h56,58,64-68,70-81,83-86,88-94H,3-55,57,59-63H2,1-2H3,(H,82,87)/b58-56+. The third-order valence-electron chi connectivity index (χ3n) is 21.3. The van der Waals surface area contributed by atoms with Crippen molar-refractivity contribution in [3.8, 4) is 0 Å². The van der Waals surface area contributed by atoms with E-state index in [1.54, 1.807) is 6.08 Å². The third-order valence-corrected chi connectivity index (χ3v) is 21.3. The molecule has 100 heavy (non-hydrogen) atoms. The Bertz CT molecular complexity index is 1850. The van der Waals surface area contributed by atoms with E-state index in [0.717, 1.165) is 44.9 Å². The molecule has 3 heterocycles. The fraction of sp³-hybridized carbons (Fsp3) is 0.963. The quantitative estimate of drug-likeness (QED) is 0.0199. The summed E-state index contributed by atoms with van der Waals surface area (Å²) in [5.74, 6) is -0.266. The number of aliphatic hydroxyl groups excluding tert-OH is 11. The lowest BCUT2D eigenvalue weighted by Gasteiger charge is -2.48. The van der Waals surface area contributed by atoms with E-state index in [-0.39, 0.29) is 18.9 Å². The molecule has 0 saturated carbocycles. The van der Waals surface area contributed by atoms with Crippen LogP contribution in [0.4, 0.5) is 0 Å². The van der Waals surface area contributed by atoms with Gasteiger partial charge in [-0.25, -0.2) is 0 Å². The Labute approximate surface area is 607 Å². The van der Waals surface area contributed by atoms with Crippen LogP contribution in [0.2, 0.25) is 0 Å². The summed E-state index contributed by atoms with van der Waals surface area (Å²) in [6.45, 7) is 1.81. The molecule has 3 rings (SSSR count). The lowest BCUT2D eigenvalue weighted by molar-refractivity contribution is -0.379. The molecule has 1 amide bonds. The molecule has 0 radical (unpaired) electrons. The molecular formula is C81H155NO18. The van der Waals surface area contributed by atoms with Gasteiger partial charge in [0.05, 0.1) is 38.6 Å². The second-order valence-electron chi connectivity index (χ2n) is 30.3.